The number of rotatable bonds is 3. The van der Waals surface area contributed by atoms with Crippen molar-refractivity contribution in [3.8, 4) is 6.07 Å². The van der Waals surface area contributed by atoms with Crippen LogP contribution in [0.15, 0.2) is 23.7 Å². The van der Waals surface area contributed by atoms with Gasteiger partial charge in [0.2, 0.25) is 0 Å². The fourth-order valence-electron chi connectivity index (χ4n) is 1.72. The minimum Gasteiger partial charge on any atom is -0.369 e. The molecule has 0 radical (unpaired) electrons. The van der Waals surface area contributed by atoms with E-state index in [1.165, 1.54) is 17.4 Å². The summed E-state index contributed by atoms with van der Waals surface area (Å²) in [5.41, 5.74) is 1.14. The molecule has 0 atom stereocenters. The molecule has 0 aliphatic heterocycles. The Morgan fingerprint density at radius 3 is 2.79 bits per heavy atom. The standard InChI is InChI=1S/C14H12FN3S/c1-4-9-5-6-11(15)13-12(9)10(7-16)14(19-13)17-8-18(2)3/h4-6,8H,1H2,2-3H3/b17-8+. The lowest BCUT2D eigenvalue weighted by atomic mass is 10.1. The van der Waals surface area contributed by atoms with Crippen LogP contribution in [0, 0.1) is 17.1 Å². The van der Waals surface area contributed by atoms with E-state index in [2.05, 4.69) is 17.6 Å². The number of halogens is 1. The second kappa shape index (κ2) is 5.21. The lowest BCUT2D eigenvalue weighted by Crippen LogP contribution is -2.06. The van der Waals surface area contributed by atoms with Crippen LogP contribution < -0.4 is 0 Å². The zero-order valence-electron chi connectivity index (χ0n) is 10.6. The Labute approximate surface area is 114 Å². The average molecular weight is 273 g/mol. The van der Waals surface area contributed by atoms with Crippen LogP contribution in [-0.2, 0) is 0 Å². The van der Waals surface area contributed by atoms with Gasteiger partial charge in [-0.2, -0.15) is 5.26 Å². The molecule has 0 aliphatic rings. The zero-order valence-corrected chi connectivity index (χ0v) is 11.5. The molecule has 19 heavy (non-hydrogen) atoms. The third kappa shape index (κ3) is 2.35. The highest BCUT2D eigenvalue weighted by atomic mass is 32.1. The molecule has 1 aromatic carbocycles. The molecule has 96 valence electrons. The van der Waals surface area contributed by atoms with Gasteiger partial charge >= 0.3 is 0 Å². The summed E-state index contributed by atoms with van der Waals surface area (Å²) in [7, 11) is 3.66. The Bertz CT molecular complexity index is 708. The summed E-state index contributed by atoms with van der Waals surface area (Å²) in [6.45, 7) is 3.70. The largest absolute Gasteiger partial charge is 0.369 e. The number of benzene rings is 1. The molecule has 0 spiro atoms. The first kappa shape index (κ1) is 13.2. The van der Waals surface area contributed by atoms with Crippen molar-refractivity contribution in [1.82, 2.24) is 4.90 Å². The van der Waals surface area contributed by atoms with E-state index in [-0.39, 0.29) is 5.82 Å². The molecule has 0 saturated heterocycles. The molecule has 0 unspecified atom stereocenters. The Balaban J connectivity index is 2.78. The highest BCUT2D eigenvalue weighted by Gasteiger charge is 2.16. The highest BCUT2D eigenvalue weighted by Crippen LogP contribution is 2.40. The molecule has 0 N–H and O–H groups in total. The molecule has 2 aromatic rings. The normalized spacial score (nSPS) is 10.8. The Kier molecular flexibility index (Phi) is 3.63. The summed E-state index contributed by atoms with van der Waals surface area (Å²) in [6.07, 6.45) is 3.21. The average Bonchev–Trinajstić information content (AvgIpc) is 2.76. The van der Waals surface area contributed by atoms with Crippen molar-refractivity contribution < 1.29 is 4.39 Å². The number of hydrogen-bond acceptors (Lipinski definition) is 3. The summed E-state index contributed by atoms with van der Waals surface area (Å²) in [6, 6.07) is 5.12. The van der Waals surface area contributed by atoms with Gasteiger partial charge in [-0.25, -0.2) is 9.38 Å². The van der Waals surface area contributed by atoms with Crippen molar-refractivity contribution in [2.45, 2.75) is 0 Å². The van der Waals surface area contributed by atoms with Crippen molar-refractivity contribution >= 4 is 38.8 Å². The van der Waals surface area contributed by atoms with E-state index in [0.29, 0.717) is 20.7 Å². The van der Waals surface area contributed by atoms with Crippen LogP contribution in [0.2, 0.25) is 0 Å². The minimum absolute atomic E-state index is 0.339. The third-order valence-corrected chi connectivity index (χ3v) is 3.65. The predicted molar refractivity (Wildman–Crippen MR) is 78.4 cm³/mol. The summed E-state index contributed by atoms with van der Waals surface area (Å²) >= 11 is 1.18. The number of thiophene rings is 1. The Morgan fingerprint density at radius 1 is 1.47 bits per heavy atom. The van der Waals surface area contributed by atoms with Crippen LogP contribution in [0.25, 0.3) is 16.2 Å². The number of fused-ring (bicyclic) bond motifs is 1. The quantitative estimate of drug-likeness (QED) is 0.630. The molecule has 0 amide bonds. The first-order valence-corrected chi connectivity index (χ1v) is 6.38. The highest BCUT2D eigenvalue weighted by molar-refractivity contribution is 7.23. The van der Waals surface area contributed by atoms with Gasteiger partial charge < -0.3 is 4.90 Å². The summed E-state index contributed by atoms with van der Waals surface area (Å²) in [5, 5.41) is 10.4. The van der Waals surface area contributed by atoms with Gasteiger partial charge in [0.05, 0.1) is 16.6 Å². The fourth-order valence-corrected chi connectivity index (χ4v) is 2.75. The van der Waals surface area contributed by atoms with E-state index in [1.807, 2.05) is 14.1 Å². The van der Waals surface area contributed by atoms with E-state index in [0.717, 1.165) is 5.56 Å². The van der Waals surface area contributed by atoms with Gasteiger partial charge in [-0.15, -0.1) is 11.3 Å². The van der Waals surface area contributed by atoms with Crippen LogP contribution in [0.1, 0.15) is 11.1 Å². The minimum atomic E-state index is -0.339. The molecular formula is C14H12FN3S. The lowest BCUT2D eigenvalue weighted by molar-refractivity contribution is 0.641. The molecule has 3 nitrogen and oxygen atoms in total. The van der Waals surface area contributed by atoms with Gasteiger partial charge in [0, 0.05) is 19.5 Å². The molecular weight excluding hydrogens is 261 g/mol. The summed E-state index contributed by atoms with van der Waals surface area (Å²) in [5.74, 6) is -0.339. The molecule has 1 heterocycles. The molecule has 0 bridgehead atoms. The second-order valence-electron chi connectivity index (χ2n) is 4.15. The second-order valence-corrected chi connectivity index (χ2v) is 5.15. The molecule has 5 heteroatoms. The van der Waals surface area contributed by atoms with E-state index in [9.17, 15) is 9.65 Å². The summed E-state index contributed by atoms with van der Waals surface area (Å²) in [4.78, 5) is 5.99. The van der Waals surface area contributed by atoms with Crippen molar-refractivity contribution in [2.75, 3.05) is 14.1 Å². The van der Waals surface area contributed by atoms with Crippen LogP contribution >= 0.6 is 11.3 Å². The number of nitriles is 1. The number of aliphatic imine (C=N–C) groups is 1. The maximum atomic E-state index is 13.8. The van der Waals surface area contributed by atoms with Gasteiger partial charge in [0.25, 0.3) is 0 Å². The maximum absolute atomic E-state index is 13.8. The van der Waals surface area contributed by atoms with Gasteiger partial charge in [-0.05, 0) is 11.6 Å². The summed E-state index contributed by atoms with van der Waals surface area (Å²) < 4.78 is 14.3. The SMILES string of the molecule is C=Cc1ccc(F)c2sc(/N=C/N(C)C)c(C#N)c12. The van der Waals surface area contributed by atoms with Gasteiger partial charge in [-0.3, -0.25) is 0 Å². The van der Waals surface area contributed by atoms with Crippen molar-refractivity contribution in [1.29, 1.82) is 5.26 Å². The predicted octanol–water partition coefficient (Wildman–Crippen LogP) is 3.78. The number of hydrogen-bond donors (Lipinski definition) is 0. The van der Waals surface area contributed by atoms with Gasteiger partial charge in [0.15, 0.2) is 0 Å². The fraction of sp³-hybridized carbons (Fsp3) is 0.143. The van der Waals surface area contributed by atoms with Crippen LogP contribution in [-0.4, -0.2) is 25.3 Å². The van der Waals surface area contributed by atoms with E-state index in [1.54, 1.807) is 23.4 Å². The van der Waals surface area contributed by atoms with Crippen LogP contribution in [0.4, 0.5) is 9.39 Å². The monoisotopic (exact) mass is 273 g/mol. The molecule has 0 aliphatic carbocycles. The molecule has 0 fully saturated rings. The Hall–Kier alpha value is -2.19. The van der Waals surface area contributed by atoms with E-state index in [4.69, 9.17) is 0 Å². The van der Waals surface area contributed by atoms with Crippen LogP contribution in [0.5, 0.6) is 0 Å². The van der Waals surface area contributed by atoms with Crippen molar-refractivity contribution in [2.24, 2.45) is 4.99 Å². The lowest BCUT2D eigenvalue weighted by Gasteiger charge is -2.01. The maximum Gasteiger partial charge on any atom is 0.141 e. The van der Waals surface area contributed by atoms with Gasteiger partial charge in [-0.1, -0.05) is 18.7 Å². The van der Waals surface area contributed by atoms with E-state index < -0.39 is 0 Å². The molecule has 0 saturated carbocycles. The van der Waals surface area contributed by atoms with Crippen molar-refractivity contribution in [3.05, 3.63) is 35.7 Å². The number of nitrogens with zero attached hydrogens (tertiary/aromatic N) is 3. The first-order chi connectivity index (χ1) is 9.08. The third-order valence-electron chi connectivity index (χ3n) is 2.54. The Morgan fingerprint density at radius 2 is 2.21 bits per heavy atom. The zero-order chi connectivity index (χ0) is 14.0. The molecule has 1 aromatic heterocycles. The van der Waals surface area contributed by atoms with Gasteiger partial charge in [0.1, 0.15) is 16.9 Å². The van der Waals surface area contributed by atoms with Crippen molar-refractivity contribution in [3.63, 3.8) is 0 Å². The smallest absolute Gasteiger partial charge is 0.141 e. The molecule has 2 rings (SSSR count). The van der Waals surface area contributed by atoms with E-state index >= 15 is 0 Å². The van der Waals surface area contributed by atoms with Crippen LogP contribution in [0.3, 0.4) is 0 Å². The topological polar surface area (TPSA) is 39.4 Å². The first-order valence-electron chi connectivity index (χ1n) is 5.56.